The number of aliphatic imine (C=N–C) groups is 1. The van der Waals surface area contributed by atoms with Gasteiger partial charge in [-0.2, -0.15) is 0 Å². The van der Waals surface area contributed by atoms with E-state index < -0.39 is 5.60 Å². The van der Waals surface area contributed by atoms with Crippen molar-refractivity contribution in [2.75, 3.05) is 34.4 Å². The van der Waals surface area contributed by atoms with Gasteiger partial charge in [0.1, 0.15) is 17.1 Å². The molecular formula is C21H31N3O5. The first-order chi connectivity index (χ1) is 13.8. The summed E-state index contributed by atoms with van der Waals surface area (Å²) < 4.78 is 21.7. The van der Waals surface area contributed by atoms with Gasteiger partial charge in [0.05, 0.1) is 34.4 Å². The average molecular weight is 405 g/mol. The van der Waals surface area contributed by atoms with E-state index >= 15 is 0 Å². The van der Waals surface area contributed by atoms with E-state index in [2.05, 4.69) is 15.6 Å². The molecule has 2 rings (SSSR count). The summed E-state index contributed by atoms with van der Waals surface area (Å²) in [5.74, 6) is 3.52. The van der Waals surface area contributed by atoms with Crippen molar-refractivity contribution in [2.24, 2.45) is 4.99 Å². The van der Waals surface area contributed by atoms with Crippen LogP contribution in [-0.2, 0) is 12.1 Å². The monoisotopic (exact) mass is 405 g/mol. The highest BCUT2D eigenvalue weighted by molar-refractivity contribution is 5.79. The van der Waals surface area contributed by atoms with E-state index in [1.807, 2.05) is 32.0 Å². The number of aliphatic hydroxyl groups is 1. The molecular weight excluding hydrogens is 374 g/mol. The minimum atomic E-state index is -1.17. The number of aryl methyl sites for hydroxylation is 1. The number of benzene rings is 1. The molecule has 29 heavy (non-hydrogen) atoms. The van der Waals surface area contributed by atoms with E-state index in [9.17, 15) is 5.11 Å². The number of rotatable bonds is 9. The zero-order valence-electron chi connectivity index (χ0n) is 18.0. The van der Waals surface area contributed by atoms with Crippen LogP contribution < -0.4 is 24.8 Å². The summed E-state index contributed by atoms with van der Waals surface area (Å²) in [7, 11) is 4.72. The van der Waals surface area contributed by atoms with Crippen molar-refractivity contribution >= 4 is 5.96 Å². The maximum absolute atomic E-state index is 10.7. The fourth-order valence-electron chi connectivity index (χ4n) is 2.81. The van der Waals surface area contributed by atoms with Gasteiger partial charge in [0.25, 0.3) is 0 Å². The molecule has 0 bridgehead atoms. The number of methoxy groups -OCH3 is 3. The fraction of sp³-hybridized carbons (Fsp3) is 0.476. The molecule has 8 nitrogen and oxygen atoms in total. The van der Waals surface area contributed by atoms with Gasteiger partial charge < -0.3 is 34.4 Å². The van der Waals surface area contributed by atoms with Gasteiger partial charge in [-0.05, 0) is 50.6 Å². The topological polar surface area (TPSA) is 97.5 Å². The molecule has 1 aromatic heterocycles. The van der Waals surface area contributed by atoms with Crippen molar-refractivity contribution < 1.29 is 23.7 Å². The Morgan fingerprint density at radius 2 is 1.76 bits per heavy atom. The smallest absolute Gasteiger partial charge is 0.203 e. The van der Waals surface area contributed by atoms with Crippen LogP contribution in [0.15, 0.2) is 33.7 Å². The van der Waals surface area contributed by atoms with Crippen LogP contribution in [0.2, 0.25) is 0 Å². The first-order valence-electron chi connectivity index (χ1n) is 9.45. The van der Waals surface area contributed by atoms with Gasteiger partial charge in [-0.1, -0.05) is 0 Å². The van der Waals surface area contributed by atoms with Gasteiger partial charge in [0, 0.05) is 6.54 Å². The molecule has 0 fully saturated rings. The van der Waals surface area contributed by atoms with Crippen molar-refractivity contribution in [3.05, 3.63) is 41.3 Å². The second-order valence-corrected chi connectivity index (χ2v) is 6.77. The van der Waals surface area contributed by atoms with Gasteiger partial charge in [-0.15, -0.1) is 0 Å². The standard InChI is InChI=1S/C21H31N3O5/c1-7-22-20(24-13-21(3,25)18-9-8-14(2)29-18)23-12-15-10-16(26-4)19(28-6)17(11-15)27-5/h8-11,25H,7,12-13H2,1-6H3,(H2,22,23,24). The lowest BCUT2D eigenvalue weighted by molar-refractivity contribution is 0.0378. The summed E-state index contributed by atoms with van der Waals surface area (Å²) in [5.41, 5.74) is -0.276. The van der Waals surface area contributed by atoms with Crippen molar-refractivity contribution in [1.29, 1.82) is 0 Å². The predicted molar refractivity (Wildman–Crippen MR) is 112 cm³/mol. The van der Waals surface area contributed by atoms with Crippen LogP contribution in [0, 0.1) is 6.92 Å². The molecule has 8 heteroatoms. The Hall–Kier alpha value is -2.87. The first-order valence-corrected chi connectivity index (χ1v) is 9.45. The highest BCUT2D eigenvalue weighted by Crippen LogP contribution is 2.38. The minimum Gasteiger partial charge on any atom is -0.493 e. The second kappa shape index (κ2) is 10.1. The number of ether oxygens (including phenoxy) is 3. The average Bonchev–Trinajstić information content (AvgIpc) is 3.16. The summed E-state index contributed by atoms with van der Waals surface area (Å²) in [6.45, 7) is 6.82. The number of nitrogens with one attached hydrogen (secondary N) is 2. The Labute approximate surface area is 171 Å². The van der Waals surface area contributed by atoms with Crippen molar-refractivity contribution in [3.63, 3.8) is 0 Å². The van der Waals surface area contributed by atoms with Gasteiger partial charge in [0.15, 0.2) is 17.5 Å². The Morgan fingerprint density at radius 1 is 1.10 bits per heavy atom. The quantitative estimate of drug-likeness (QED) is 0.436. The first kappa shape index (κ1) is 22.4. The number of guanidine groups is 1. The molecule has 1 heterocycles. The normalized spacial score (nSPS) is 13.6. The van der Waals surface area contributed by atoms with Crippen LogP contribution in [0.5, 0.6) is 17.2 Å². The zero-order valence-corrected chi connectivity index (χ0v) is 18.0. The molecule has 0 aliphatic carbocycles. The highest BCUT2D eigenvalue weighted by atomic mass is 16.5. The third-order valence-electron chi connectivity index (χ3n) is 4.36. The van der Waals surface area contributed by atoms with Gasteiger partial charge in [-0.3, -0.25) is 0 Å². The molecule has 1 unspecified atom stereocenters. The lowest BCUT2D eigenvalue weighted by Gasteiger charge is -2.23. The molecule has 2 aromatic rings. The zero-order chi connectivity index (χ0) is 21.4. The van der Waals surface area contributed by atoms with Gasteiger partial charge >= 0.3 is 0 Å². The van der Waals surface area contributed by atoms with Crippen LogP contribution in [-0.4, -0.2) is 45.5 Å². The third kappa shape index (κ3) is 5.80. The lowest BCUT2D eigenvalue weighted by Crippen LogP contribution is -2.44. The van der Waals surface area contributed by atoms with Crippen LogP contribution >= 0.6 is 0 Å². The molecule has 0 saturated carbocycles. The van der Waals surface area contributed by atoms with Crippen LogP contribution in [0.1, 0.15) is 30.9 Å². The Kier molecular flexibility index (Phi) is 7.78. The molecule has 160 valence electrons. The number of furan rings is 1. The summed E-state index contributed by atoms with van der Waals surface area (Å²) in [5, 5.41) is 17.0. The van der Waals surface area contributed by atoms with E-state index in [1.54, 1.807) is 34.3 Å². The Bertz CT molecular complexity index is 804. The molecule has 1 aromatic carbocycles. The molecule has 0 saturated heterocycles. The molecule has 0 aliphatic heterocycles. The number of hydrogen-bond acceptors (Lipinski definition) is 6. The third-order valence-corrected chi connectivity index (χ3v) is 4.36. The summed E-state index contributed by atoms with van der Waals surface area (Å²) in [6, 6.07) is 7.32. The van der Waals surface area contributed by atoms with E-state index in [4.69, 9.17) is 18.6 Å². The van der Waals surface area contributed by atoms with Gasteiger partial charge in [-0.25, -0.2) is 4.99 Å². The predicted octanol–water partition coefficient (Wildman–Crippen LogP) is 2.58. The molecule has 1 atom stereocenters. The van der Waals surface area contributed by atoms with Crippen LogP contribution in [0.4, 0.5) is 0 Å². The Morgan fingerprint density at radius 3 is 2.24 bits per heavy atom. The minimum absolute atomic E-state index is 0.237. The maximum Gasteiger partial charge on any atom is 0.203 e. The second-order valence-electron chi connectivity index (χ2n) is 6.77. The Balaban J connectivity index is 2.14. The molecule has 0 aliphatic rings. The fourth-order valence-corrected chi connectivity index (χ4v) is 2.81. The van der Waals surface area contributed by atoms with Crippen molar-refractivity contribution in [1.82, 2.24) is 10.6 Å². The van der Waals surface area contributed by atoms with E-state index in [0.717, 1.165) is 11.3 Å². The molecule has 0 radical (unpaired) electrons. The maximum atomic E-state index is 10.7. The lowest BCUT2D eigenvalue weighted by atomic mass is 10.0. The van der Waals surface area contributed by atoms with E-state index in [1.165, 1.54) is 0 Å². The van der Waals surface area contributed by atoms with Crippen LogP contribution in [0.3, 0.4) is 0 Å². The number of hydrogen-bond donors (Lipinski definition) is 3. The van der Waals surface area contributed by atoms with E-state index in [-0.39, 0.29) is 6.54 Å². The van der Waals surface area contributed by atoms with Crippen molar-refractivity contribution in [3.8, 4) is 17.2 Å². The summed E-state index contributed by atoms with van der Waals surface area (Å²) in [4.78, 5) is 4.59. The largest absolute Gasteiger partial charge is 0.493 e. The molecule has 3 N–H and O–H groups in total. The molecule has 0 amide bonds. The molecule has 0 spiro atoms. The number of nitrogens with zero attached hydrogens (tertiary/aromatic N) is 1. The highest BCUT2D eigenvalue weighted by Gasteiger charge is 2.27. The summed E-state index contributed by atoms with van der Waals surface area (Å²) >= 11 is 0. The SMILES string of the molecule is CCNC(=NCc1cc(OC)c(OC)c(OC)c1)NCC(C)(O)c1ccc(C)o1. The van der Waals surface area contributed by atoms with Crippen molar-refractivity contribution in [2.45, 2.75) is 32.9 Å². The van der Waals surface area contributed by atoms with E-state index in [0.29, 0.717) is 42.1 Å². The van der Waals surface area contributed by atoms with Gasteiger partial charge in [0.2, 0.25) is 5.75 Å². The summed E-state index contributed by atoms with van der Waals surface area (Å²) in [6.07, 6.45) is 0. The van der Waals surface area contributed by atoms with Crippen LogP contribution in [0.25, 0.3) is 0 Å².